The van der Waals surface area contributed by atoms with Crippen LogP contribution in [-0.2, 0) is 23.0 Å². The smallest absolute Gasteiger partial charge is 0.429 e. The Hall–Kier alpha value is -0.00519. The summed E-state index contributed by atoms with van der Waals surface area (Å²) < 4.78 is 24.0. The Kier molecular flexibility index (Phi) is 3.23. The molecule has 0 atom stereocenters. The van der Waals surface area contributed by atoms with Crippen molar-refractivity contribution in [3.8, 4) is 0 Å². The minimum Gasteiger partial charge on any atom is -0.429 e. The molecule has 0 spiro atoms. The third kappa shape index (κ3) is 2.00. The largest absolute Gasteiger partial charge is 0.613 e. The number of hydrogen-bond donors (Lipinski definition) is 0. The Bertz CT molecular complexity index is 90.9. The topological polar surface area (TPSA) is 46.2 Å². The van der Waals surface area contributed by atoms with Gasteiger partial charge in [-0.25, -0.2) is 0 Å². The first kappa shape index (κ1) is 8.09. The number of rotatable bonds is 2. The maximum absolute atomic E-state index is 4.90. The fourth-order valence-corrected chi connectivity index (χ4v) is 0.567. The molecule has 8 heteroatoms. The Morgan fingerprint density at radius 3 is 2.00 bits per heavy atom. The molecule has 0 unspecified atom stereocenters. The summed E-state index contributed by atoms with van der Waals surface area (Å²) in [4.78, 5) is 0. The first-order valence-electron chi connectivity index (χ1n) is 2.81. The van der Waals surface area contributed by atoms with Crippen LogP contribution in [0.5, 0.6) is 0 Å². The Balaban J connectivity index is 2.25. The van der Waals surface area contributed by atoms with Gasteiger partial charge >= 0.3 is 22.3 Å². The molecule has 0 N–H and O–H groups in total. The van der Waals surface area contributed by atoms with Crippen LogP contribution < -0.4 is 0 Å². The van der Waals surface area contributed by atoms with Crippen molar-refractivity contribution in [2.45, 2.75) is 0 Å². The lowest BCUT2D eigenvalue weighted by Gasteiger charge is -2.21. The van der Waals surface area contributed by atoms with Gasteiger partial charge in [0.2, 0.25) is 0 Å². The second kappa shape index (κ2) is 4.00. The molecule has 0 aromatic carbocycles. The first-order valence-corrected chi connectivity index (χ1v) is 2.81. The van der Waals surface area contributed by atoms with Crippen LogP contribution in [0.25, 0.3) is 0 Å². The van der Waals surface area contributed by atoms with Crippen LogP contribution in [0.1, 0.15) is 0 Å². The standard InChI is InChI=1S/C2H7B3O5/c1-6-4-8-3-9-5(7-2)10-4/h3H,1-2H3. The molecule has 1 aliphatic rings. The van der Waals surface area contributed by atoms with Gasteiger partial charge in [-0.3, -0.25) is 0 Å². The Labute approximate surface area is 60.6 Å². The fraction of sp³-hybridized carbons (Fsp3) is 1.00. The van der Waals surface area contributed by atoms with Gasteiger partial charge in [0.1, 0.15) is 0 Å². The van der Waals surface area contributed by atoms with E-state index in [0.717, 1.165) is 0 Å². The molecule has 10 heavy (non-hydrogen) atoms. The van der Waals surface area contributed by atoms with E-state index in [1.165, 1.54) is 14.2 Å². The van der Waals surface area contributed by atoms with Crippen molar-refractivity contribution >= 4 is 22.3 Å². The van der Waals surface area contributed by atoms with E-state index in [2.05, 4.69) is 0 Å². The van der Waals surface area contributed by atoms with Crippen LogP contribution >= 0.6 is 0 Å². The third-order valence-electron chi connectivity index (χ3n) is 1.02. The SMILES string of the molecule is COB1OBOB(OC)O1. The van der Waals surface area contributed by atoms with Crippen LogP contribution in [-0.4, -0.2) is 36.5 Å². The van der Waals surface area contributed by atoms with E-state index >= 15 is 0 Å². The minimum atomic E-state index is -0.682. The molecule has 0 bridgehead atoms. The highest BCUT2D eigenvalue weighted by molar-refractivity contribution is 6.62. The van der Waals surface area contributed by atoms with E-state index in [1.807, 2.05) is 0 Å². The van der Waals surface area contributed by atoms with Crippen molar-refractivity contribution < 1.29 is 23.0 Å². The highest BCUT2D eigenvalue weighted by atomic mass is 16.8. The second-order valence-electron chi connectivity index (χ2n) is 1.64. The summed E-state index contributed by atoms with van der Waals surface area (Å²) in [6, 6.07) is 0. The molecule has 1 saturated heterocycles. The average molecular weight is 144 g/mol. The van der Waals surface area contributed by atoms with Crippen molar-refractivity contribution in [2.75, 3.05) is 14.2 Å². The molecule has 0 radical (unpaired) electrons. The summed E-state index contributed by atoms with van der Waals surface area (Å²) in [5.41, 5.74) is 0. The molecule has 1 aliphatic heterocycles. The summed E-state index contributed by atoms with van der Waals surface area (Å²) in [7, 11) is 1.71. The molecule has 0 saturated carbocycles. The monoisotopic (exact) mass is 144 g/mol. The van der Waals surface area contributed by atoms with E-state index < -0.39 is 14.6 Å². The van der Waals surface area contributed by atoms with E-state index in [-0.39, 0.29) is 7.69 Å². The highest BCUT2D eigenvalue weighted by Gasteiger charge is 2.35. The predicted molar refractivity (Wildman–Crippen MR) is 35.9 cm³/mol. The molecule has 0 amide bonds. The molecule has 0 aromatic heterocycles. The van der Waals surface area contributed by atoms with E-state index in [0.29, 0.717) is 0 Å². The molecule has 1 fully saturated rings. The first-order chi connectivity index (χ1) is 4.86. The summed E-state index contributed by atoms with van der Waals surface area (Å²) in [5, 5.41) is 0. The maximum Gasteiger partial charge on any atom is 0.613 e. The van der Waals surface area contributed by atoms with Crippen molar-refractivity contribution in [1.82, 2.24) is 0 Å². The van der Waals surface area contributed by atoms with Gasteiger partial charge in [0.25, 0.3) is 0 Å². The van der Waals surface area contributed by atoms with Gasteiger partial charge in [-0.15, -0.1) is 0 Å². The zero-order chi connectivity index (χ0) is 7.40. The van der Waals surface area contributed by atoms with Gasteiger partial charge in [-0.05, 0) is 0 Å². The van der Waals surface area contributed by atoms with Crippen LogP contribution in [0.2, 0.25) is 0 Å². The maximum atomic E-state index is 4.90. The third-order valence-corrected chi connectivity index (χ3v) is 1.02. The Morgan fingerprint density at radius 1 is 1.10 bits per heavy atom. The predicted octanol–water partition coefficient (Wildman–Crippen LogP) is -1.42. The van der Waals surface area contributed by atoms with E-state index in [4.69, 9.17) is 23.0 Å². The van der Waals surface area contributed by atoms with Gasteiger partial charge < -0.3 is 23.0 Å². The van der Waals surface area contributed by atoms with Crippen LogP contribution in [0.15, 0.2) is 0 Å². The lowest BCUT2D eigenvalue weighted by Crippen LogP contribution is -2.45. The molecule has 1 heterocycles. The van der Waals surface area contributed by atoms with Crippen molar-refractivity contribution in [2.24, 2.45) is 0 Å². The molecule has 54 valence electrons. The molecule has 0 aromatic rings. The Morgan fingerprint density at radius 2 is 1.60 bits per heavy atom. The van der Waals surface area contributed by atoms with Gasteiger partial charge in [0.15, 0.2) is 0 Å². The van der Waals surface area contributed by atoms with Crippen LogP contribution in [0.4, 0.5) is 0 Å². The molecule has 5 nitrogen and oxygen atoms in total. The van der Waals surface area contributed by atoms with Crippen molar-refractivity contribution in [1.29, 1.82) is 0 Å². The second-order valence-corrected chi connectivity index (χ2v) is 1.64. The van der Waals surface area contributed by atoms with Crippen LogP contribution in [0.3, 0.4) is 0 Å². The normalized spacial score (nSPS) is 19.0. The lowest BCUT2D eigenvalue weighted by atomic mass is 10.0. The van der Waals surface area contributed by atoms with Gasteiger partial charge in [-0.2, -0.15) is 0 Å². The number of hydrogen-bond acceptors (Lipinski definition) is 5. The van der Waals surface area contributed by atoms with Gasteiger partial charge in [-0.1, -0.05) is 0 Å². The summed E-state index contributed by atoms with van der Waals surface area (Å²) >= 11 is 0. The zero-order valence-electron chi connectivity index (χ0n) is 5.90. The van der Waals surface area contributed by atoms with E-state index in [1.54, 1.807) is 0 Å². The average Bonchev–Trinajstić information content (AvgIpc) is 2.05. The summed E-state index contributed by atoms with van der Waals surface area (Å²) in [5.74, 6) is 0. The zero-order valence-corrected chi connectivity index (χ0v) is 5.90. The fourth-order valence-electron chi connectivity index (χ4n) is 0.567. The van der Waals surface area contributed by atoms with Crippen molar-refractivity contribution in [3.05, 3.63) is 0 Å². The highest BCUT2D eigenvalue weighted by Crippen LogP contribution is 2.01. The molecule has 0 aliphatic carbocycles. The van der Waals surface area contributed by atoms with Gasteiger partial charge in [0, 0.05) is 14.2 Å². The molecule has 1 rings (SSSR count). The lowest BCUT2D eigenvalue weighted by molar-refractivity contribution is 0.144. The van der Waals surface area contributed by atoms with Crippen molar-refractivity contribution in [3.63, 3.8) is 0 Å². The molecular weight excluding hydrogens is 136 g/mol. The summed E-state index contributed by atoms with van der Waals surface area (Å²) in [6.07, 6.45) is 0. The van der Waals surface area contributed by atoms with Gasteiger partial charge in [0.05, 0.1) is 0 Å². The van der Waals surface area contributed by atoms with Crippen LogP contribution in [0, 0.1) is 0 Å². The minimum absolute atomic E-state index is 0.122. The quantitative estimate of drug-likeness (QED) is 0.444. The molecular formula is C2H7B3O5. The van der Waals surface area contributed by atoms with E-state index in [9.17, 15) is 0 Å². The summed E-state index contributed by atoms with van der Waals surface area (Å²) in [6.45, 7) is 0.